The van der Waals surface area contributed by atoms with Crippen molar-refractivity contribution in [3.63, 3.8) is 0 Å². The number of nitrogens with one attached hydrogen (secondary N) is 1. The molecule has 4 amide bonds. The quantitative estimate of drug-likeness (QED) is 0.788. The minimum atomic E-state index is -0.825. The predicted molar refractivity (Wildman–Crippen MR) is 108 cm³/mol. The van der Waals surface area contributed by atoms with Gasteiger partial charge in [0.15, 0.2) is 0 Å². The summed E-state index contributed by atoms with van der Waals surface area (Å²) >= 11 is 0. The van der Waals surface area contributed by atoms with E-state index < -0.39 is 6.09 Å². The zero-order valence-corrected chi connectivity index (χ0v) is 16.4. The van der Waals surface area contributed by atoms with Crippen LogP contribution in [0.5, 0.6) is 0 Å². The van der Waals surface area contributed by atoms with Gasteiger partial charge in [-0.15, -0.1) is 0 Å². The van der Waals surface area contributed by atoms with Crippen molar-refractivity contribution in [3.8, 4) is 0 Å². The number of anilines is 2. The van der Waals surface area contributed by atoms with E-state index in [0.717, 1.165) is 50.5 Å². The Hall–Kier alpha value is -2.81. The molecule has 3 aliphatic rings. The van der Waals surface area contributed by atoms with Crippen molar-refractivity contribution in [3.05, 3.63) is 24.3 Å². The Labute approximate surface area is 169 Å². The summed E-state index contributed by atoms with van der Waals surface area (Å²) in [7, 11) is 0. The van der Waals surface area contributed by atoms with E-state index in [1.54, 1.807) is 4.90 Å². The zero-order valence-electron chi connectivity index (χ0n) is 16.4. The van der Waals surface area contributed by atoms with Crippen molar-refractivity contribution in [2.45, 2.75) is 12.8 Å². The molecule has 4 rings (SSSR count). The number of piperazine rings is 1. The summed E-state index contributed by atoms with van der Waals surface area (Å²) in [5.41, 5.74) is 1.94. The summed E-state index contributed by atoms with van der Waals surface area (Å²) in [5.74, 6) is 0.347. The lowest BCUT2D eigenvalue weighted by molar-refractivity contribution is -0.120. The third kappa shape index (κ3) is 4.45. The highest BCUT2D eigenvalue weighted by Gasteiger charge is 2.28. The van der Waals surface area contributed by atoms with Crippen LogP contribution in [0.25, 0.3) is 0 Å². The number of carboxylic acid groups (broad SMARTS) is 1. The molecule has 1 unspecified atom stereocenters. The molecule has 9 heteroatoms. The Kier molecular flexibility index (Phi) is 5.57. The number of carbonyl (C=O) groups is 3. The fraction of sp³-hybridized carbons (Fsp3) is 0.550. The monoisotopic (exact) mass is 401 g/mol. The van der Waals surface area contributed by atoms with Crippen molar-refractivity contribution >= 4 is 29.4 Å². The van der Waals surface area contributed by atoms with E-state index in [2.05, 4.69) is 15.1 Å². The van der Waals surface area contributed by atoms with Crippen LogP contribution in [0.15, 0.2) is 24.3 Å². The topological polar surface area (TPSA) is 96.4 Å². The number of hydrogen-bond acceptors (Lipinski definition) is 5. The Morgan fingerprint density at radius 1 is 1.00 bits per heavy atom. The van der Waals surface area contributed by atoms with E-state index in [4.69, 9.17) is 5.11 Å². The molecule has 1 atom stereocenters. The van der Waals surface area contributed by atoms with Crippen LogP contribution in [0.3, 0.4) is 0 Å². The molecule has 9 nitrogen and oxygen atoms in total. The lowest BCUT2D eigenvalue weighted by Crippen LogP contribution is -2.49. The van der Waals surface area contributed by atoms with Crippen molar-refractivity contribution in [1.29, 1.82) is 0 Å². The first kappa shape index (κ1) is 19.5. The second-order valence-corrected chi connectivity index (χ2v) is 7.94. The summed E-state index contributed by atoms with van der Waals surface area (Å²) in [4.78, 5) is 42.1. The largest absolute Gasteiger partial charge is 0.465 e. The van der Waals surface area contributed by atoms with E-state index >= 15 is 0 Å². The van der Waals surface area contributed by atoms with Crippen LogP contribution in [0.1, 0.15) is 12.8 Å². The number of carbonyl (C=O) groups excluding carboxylic acids is 2. The van der Waals surface area contributed by atoms with E-state index in [-0.39, 0.29) is 11.9 Å². The van der Waals surface area contributed by atoms with E-state index in [1.807, 2.05) is 24.3 Å². The predicted octanol–water partition coefficient (Wildman–Crippen LogP) is 1.25. The number of hydrogen-bond donors (Lipinski definition) is 2. The Balaban J connectivity index is 1.29. The zero-order chi connectivity index (χ0) is 20.4. The fourth-order valence-corrected chi connectivity index (χ4v) is 4.36. The van der Waals surface area contributed by atoms with Gasteiger partial charge in [-0.1, -0.05) is 0 Å². The number of amides is 4. The maximum Gasteiger partial charge on any atom is 0.407 e. The molecule has 0 radical (unpaired) electrons. The first-order valence-corrected chi connectivity index (χ1v) is 10.2. The highest BCUT2D eigenvalue weighted by atomic mass is 16.4. The number of benzene rings is 1. The molecule has 0 aromatic heterocycles. The minimum Gasteiger partial charge on any atom is -0.465 e. The smallest absolute Gasteiger partial charge is 0.407 e. The highest BCUT2D eigenvalue weighted by Crippen LogP contribution is 2.27. The van der Waals surface area contributed by atoms with Gasteiger partial charge in [-0.05, 0) is 36.6 Å². The molecule has 2 N–H and O–H groups in total. The van der Waals surface area contributed by atoms with Crippen LogP contribution in [-0.2, 0) is 4.79 Å². The Morgan fingerprint density at radius 2 is 1.69 bits per heavy atom. The van der Waals surface area contributed by atoms with Crippen molar-refractivity contribution in [1.82, 2.24) is 15.1 Å². The summed E-state index contributed by atoms with van der Waals surface area (Å²) in [5, 5.41) is 11.4. The first-order valence-electron chi connectivity index (χ1n) is 10.2. The van der Waals surface area contributed by atoms with Gasteiger partial charge in [0, 0.05) is 70.2 Å². The van der Waals surface area contributed by atoms with Crippen molar-refractivity contribution < 1.29 is 19.5 Å². The average Bonchev–Trinajstić information content (AvgIpc) is 3.17. The van der Waals surface area contributed by atoms with E-state index in [0.29, 0.717) is 32.0 Å². The maximum atomic E-state index is 12.0. The van der Waals surface area contributed by atoms with Gasteiger partial charge in [-0.3, -0.25) is 19.9 Å². The van der Waals surface area contributed by atoms with Crippen LogP contribution in [0, 0.1) is 5.92 Å². The average molecular weight is 401 g/mol. The summed E-state index contributed by atoms with van der Waals surface area (Å²) in [6.45, 7) is 6.17. The molecule has 0 saturated carbocycles. The van der Waals surface area contributed by atoms with Crippen LogP contribution in [0.4, 0.5) is 21.0 Å². The van der Waals surface area contributed by atoms with Gasteiger partial charge in [0.2, 0.25) is 5.91 Å². The van der Waals surface area contributed by atoms with Gasteiger partial charge in [0.05, 0.1) is 0 Å². The third-order valence-electron chi connectivity index (χ3n) is 6.03. The molecule has 0 aliphatic carbocycles. The second kappa shape index (κ2) is 8.28. The van der Waals surface area contributed by atoms with Gasteiger partial charge >= 0.3 is 12.1 Å². The number of urea groups is 1. The van der Waals surface area contributed by atoms with Gasteiger partial charge in [-0.25, -0.2) is 9.59 Å². The third-order valence-corrected chi connectivity index (χ3v) is 6.03. The Morgan fingerprint density at radius 3 is 2.34 bits per heavy atom. The van der Waals surface area contributed by atoms with Crippen molar-refractivity contribution in [2.24, 2.45) is 5.92 Å². The van der Waals surface area contributed by atoms with Gasteiger partial charge < -0.3 is 14.9 Å². The molecule has 1 aromatic rings. The number of imide groups is 1. The van der Waals surface area contributed by atoms with Gasteiger partial charge in [-0.2, -0.15) is 0 Å². The molecule has 29 heavy (non-hydrogen) atoms. The molecule has 3 heterocycles. The first-order chi connectivity index (χ1) is 14.0. The molecule has 3 saturated heterocycles. The normalized spacial score (nSPS) is 23.4. The molecular formula is C20H27N5O4. The van der Waals surface area contributed by atoms with Gasteiger partial charge in [0.1, 0.15) is 0 Å². The van der Waals surface area contributed by atoms with Crippen LogP contribution in [-0.4, -0.2) is 85.3 Å². The molecule has 3 fully saturated rings. The minimum absolute atomic E-state index is 0.227. The highest BCUT2D eigenvalue weighted by molar-refractivity contribution is 6.05. The van der Waals surface area contributed by atoms with E-state index in [9.17, 15) is 14.4 Å². The summed E-state index contributed by atoms with van der Waals surface area (Å²) in [6.07, 6.45) is 0.619. The molecular weight excluding hydrogens is 374 g/mol. The molecule has 3 aliphatic heterocycles. The van der Waals surface area contributed by atoms with Crippen LogP contribution >= 0.6 is 0 Å². The molecule has 0 spiro atoms. The number of nitrogens with zero attached hydrogens (tertiary/aromatic N) is 4. The second-order valence-electron chi connectivity index (χ2n) is 7.94. The molecule has 156 valence electrons. The van der Waals surface area contributed by atoms with E-state index in [1.165, 1.54) is 4.90 Å². The van der Waals surface area contributed by atoms with Crippen LogP contribution < -0.4 is 15.1 Å². The van der Waals surface area contributed by atoms with Gasteiger partial charge in [0.25, 0.3) is 0 Å². The molecule has 0 bridgehead atoms. The lowest BCUT2D eigenvalue weighted by Gasteiger charge is -2.34. The van der Waals surface area contributed by atoms with Crippen molar-refractivity contribution in [2.75, 3.05) is 62.2 Å². The fourth-order valence-electron chi connectivity index (χ4n) is 4.36. The lowest BCUT2D eigenvalue weighted by atomic mass is 10.1. The maximum absolute atomic E-state index is 12.0. The number of rotatable bonds is 4. The Bertz CT molecular complexity index is 776. The van der Waals surface area contributed by atoms with Crippen LogP contribution in [0.2, 0.25) is 0 Å². The molecule has 1 aromatic carbocycles. The SMILES string of the molecule is O=C1CCN(c2ccc(N3CCC(CN4CCN(C(=O)O)CC4)C3)cc2)C(=O)N1. The standard InChI is InChI=1S/C20H27N5O4/c26-18-6-8-25(19(27)21-18)17-3-1-16(2-4-17)24-7-5-15(14-24)13-22-9-11-23(12-10-22)20(28)29/h1-4,15H,5-14H2,(H,28,29)(H,21,26,27). The summed E-state index contributed by atoms with van der Waals surface area (Å²) in [6, 6.07) is 7.57. The summed E-state index contributed by atoms with van der Waals surface area (Å²) < 4.78 is 0.